The molecule has 0 bridgehead atoms. The van der Waals surface area contributed by atoms with Crippen LogP contribution in [0.15, 0.2) is 53.0 Å². The van der Waals surface area contributed by atoms with Gasteiger partial charge in [-0.25, -0.2) is 8.42 Å². The molecule has 0 heterocycles. The van der Waals surface area contributed by atoms with E-state index in [1.807, 2.05) is 52.0 Å². The van der Waals surface area contributed by atoms with Gasteiger partial charge in [0.2, 0.25) is 21.8 Å². The maximum Gasteiger partial charge on any atom is 0.244 e. The second kappa shape index (κ2) is 12.4. The molecule has 2 aromatic rings. The fourth-order valence-electron chi connectivity index (χ4n) is 3.59. The first-order chi connectivity index (χ1) is 15.9. The van der Waals surface area contributed by atoms with Crippen molar-refractivity contribution in [1.29, 1.82) is 0 Å². The fraction of sp³-hybridized carbons (Fsp3) is 0.440. The molecule has 0 fully saturated rings. The van der Waals surface area contributed by atoms with Crippen molar-refractivity contribution in [2.75, 3.05) is 23.7 Å². The molecule has 0 radical (unpaired) electrons. The minimum atomic E-state index is -3.75. The minimum Gasteiger partial charge on any atom is -0.354 e. The molecule has 34 heavy (non-hydrogen) atoms. The summed E-state index contributed by atoms with van der Waals surface area (Å²) in [5, 5.41) is 2.92. The number of nitrogens with zero attached hydrogens (tertiary/aromatic N) is 2. The van der Waals surface area contributed by atoms with E-state index in [1.54, 1.807) is 24.3 Å². The Kier molecular flexibility index (Phi) is 10.1. The Bertz CT molecular complexity index is 1100. The van der Waals surface area contributed by atoms with Crippen molar-refractivity contribution in [3.63, 3.8) is 0 Å². The highest BCUT2D eigenvalue weighted by Gasteiger charge is 2.31. The van der Waals surface area contributed by atoms with E-state index in [4.69, 9.17) is 0 Å². The Hall–Kier alpha value is -2.39. The van der Waals surface area contributed by atoms with Crippen LogP contribution in [0.1, 0.15) is 38.3 Å². The molecule has 0 aromatic heterocycles. The average molecular weight is 553 g/mol. The molecule has 0 spiro atoms. The van der Waals surface area contributed by atoms with Gasteiger partial charge in [0.15, 0.2) is 0 Å². The van der Waals surface area contributed by atoms with E-state index in [2.05, 4.69) is 21.2 Å². The van der Waals surface area contributed by atoms with Crippen molar-refractivity contribution in [1.82, 2.24) is 10.2 Å². The molecule has 7 nitrogen and oxygen atoms in total. The summed E-state index contributed by atoms with van der Waals surface area (Å²) in [6.07, 6.45) is 1.47. The van der Waals surface area contributed by atoms with Gasteiger partial charge >= 0.3 is 0 Å². The van der Waals surface area contributed by atoms with Gasteiger partial charge in [0.05, 0.1) is 11.9 Å². The van der Waals surface area contributed by atoms with Gasteiger partial charge in [-0.15, -0.1) is 0 Å². The SMILES string of the molecule is CC[C@@H](C(=O)NCC(C)C)N(Cc1cccc(C)c1)C(=O)CN(c1cccc(Br)c1)S(C)(=O)=O. The van der Waals surface area contributed by atoms with Crippen LogP contribution in [0.25, 0.3) is 0 Å². The largest absolute Gasteiger partial charge is 0.354 e. The van der Waals surface area contributed by atoms with Gasteiger partial charge < -0.3 is 10.2 Å². The molecule has 0 saturated heterocycles. The predicted molar refractivity (Wildman–Crippen MR) is 140 cm³/mol. The number of amides is 2. The van der Waals surface area contributed by atoms with Crippen LogP contribution in [0.2, 0.25) is 0 Å². The molecule has 186 valence electrons. The number of rotatable bonds is 11. The molecule has 0 aliphatic carbocycles. The zero-order chi connectivity index (χ0) is 25.5. The van der Waals surface area contributed by atoms with E-state index in [0.717, 1.165) is 21.7 Å². The number of hydrogen-bond donors (Lipinski definition) is 1. The highest BCUT2D eigenvalue weighted by atomic mass is 79.9. The summed E-state index contributed by atoms with van der Waals surface area (Å²) in [5.74, 6) is -0.427. The highest BCUT2D eigenvalue weighted by molar-refractivity contribution is 9.10. The number of anilines is 1. The monoisotopic (exact) mass is 551 g/mol. The van der Waals surface area contributed by atoms with E-state index in [-0.39, 0.29) is 18.4 Å². The number of nitrogens with one attached hydrogen (secondary N) is 1. The topological polar surface area (TPSA) is 86.8 Å². The summed E-state index contributed by atoms with van der Waals surface area (Å²) in [4.78, 5) is 28.1. The highest BCUT2D eigenvalue weighted by Crippen LogP contribution is 2.23. The zero-order valence-corrected chi connectivity index (χ0v) is 22.8. The fourth-order valence-corrected chi connectivity index (χ4v) is 4.82. The van der Waals surface area contributed by atoms with E-state index in [0.29, 0.717) is 23.1 Å². The first-order valence-corrected chi connectivity index (χ1v) is 13.9. The molecule has 2 aromatic carbocycles. The van der Waals surface area contributed by atoms with Gasteiger partial charge in [0.25, 0.3) is 0 Å². The van der Waals surface area contributed by atoms with Crippen LogP contribution in [0.3, 0.4) is 0 Å². The summed E-state index contributed by atoms with van der Waals surface area (Å²) in [6, 6.07) is 13.8. The van der Waals surface area contributed by atoms with Crippen LogP contribution in [-0.4, -0.2) is 50.5 Å². The Balaban J connectivity index is 2.42. The maximum atomic E-state index is 13.6. The summed E-state index contributed by atoms with van der Waals surface area (Å²) >= 11 is 3.36. The standard InChI is InChI=1S/C25H34BrN3O4S/c1-6-23(25(31)27-15-18(2)3)28(16-20-10-7-9-19(4)13-20)24(30)17-29(34(5,32)33)22-12-8-11-21(26)14-22/h7-14,18,23H,6,15-17H2,1-5H3,(H,27,31)/t23-/m0/s1. The van der Waals surface area contributed by atoms with Crippen molar-refractivity contribution >= 4 is 43.5 Å². The smallest absolute Gasteiger partial charge is 0.244 e. The number of aryl methyl sites for hydroxylation is 1. The van der Waals surface area contributed by atoms with Crippen LogP contribution < -0.4 is 9.62 Å². The number of hydrogen-bond acceptors (Lipinski definition) is 4. The van der Waals surface area contributed by atoms with Crippen molar-refractivity contribution in [2.45, 2.75) is 46.7 Å². The van der Waals surface area contributed by atoms with Crippen LogP contribution in [-0.2, 0) is 26.2 Å². The van der Waals surface area contributed by atoms with Crippen molar-refractivity contribution in [3.8, 4) is 0 Å². The van der Waals surface area contributed by atoms with E-state index < -0.39 is 28.5 Å². The summed E-state index contributed by atoms with van der Waals surface area (Å²) in [5.41, 5.74) is 2.28. The van der Waals surface area contributed by atoms with Crippen LogP contribution in [0, 0.1) is 12.8 Å². The van der Waals surface area contributed by atoms with E-state index in [9.17, 15) is 18.0 Å². The molecule has 2 amide bonds. The quantitative estimate of drug-likeness (QED) is 0.455. The first-order valence-electron chi connectivity index (χ1n) is 11.3. The molecular weight excluding hydrogens is 518 g/mol. The van der Waals surface area contributed by atoms with Crippen LogP contribution in [0.4, 0.5) is 5.69 Å². The first kappa shape index (κ1) is 27.9. The van der Waals surface area contributed by atoms with Crippen LogP contribution in [0.5, 0.6) is 0 Å². The molecule has 1 atom stereocenters. The number of carbonyl (C=O) groups excluding carboxylic acids is 2. The summed E-state index contributed by atoms with van der Waals surface area (Å²) < 4.78 is 27.0. The third-order valence-electron chi connectivity index (χ3n) is 5.28. The van der Waals surface area contributed by atoms with E-state index >= 15 is 0 Å². The molecule has 0 aliphatic rings. The molecular formula is C25H34BrN3O4S. The lowest BCUT2D eigenvalue weighted by Crippen LogP contribution is -2.52. The number of halogens is 1. The zero-order valence-electron chi connectivity index (χ0n) is 20.4. The summed E-state index contributed by atoms with van der Waals surface area (Å²) in [7, 11) is -3.75. The second-order valence-corrected chi connectivity index (χ2v) is 11.6. The Morgan fingerprint density at radius 2 is 1.76 bits per heavy atom. The third kappa shape index (κ3) is 8.13. The van der Waals surface area contributed by atoms with Gasteiger partial charge in [-0.05, 0) is 43.0 Å². The molecule has 1 N–H and O–H groups in total. The van der Waals surface area contributed by atoms with Crippen molar-refractivity contribution < 1.29 is 18.0 Å². The van der Waals surface area contributed by atoms with Gasteiger partial charge in [0.1, 0.15) is 12.6 Å². The lowest BCUT2D eigenvalue weighted by atomic mass is 10.1. The van der Waals surface area contributed by atoms with Gasteiger partial charge in [-0.2, -0.15) is 0 Å². The molecule has 0 unspecified atom stereocenters. The number of benzene rings is 2. The van der Waals surface area contributed by atoms with Crippen molar-refractivity contribution in [3.05, 3.63) is 64.1 Å². The molecule has 2 rings (SSSR count). The maximum absolute atomic E-state index is 13.6. The normalized spacial score (nSPS) is 12.3. The number of carbonyl (C=O) groups is 2. The second-order valence-electron chi connectivity index (χ2n) is 8.82. The Morgan fingerprint density at radius 3 is 2.32 bits per heavy atom. The van der Waals surface area contributed by atoms with E-state index in [1.165, 1.54) is 4.90 Å². The lowest BCUT2D eigenvalue weighted by Gasteiger charge is -2.33. The third-order valence-corrected chi connectivity index (χ3v) is 6.92. The lowest BCUT2D eigenvalue weighted by molar-refractivity contribution is -0.140. The van der Waals surface area contributed by atoms with Crippen LogP contribution >= 0.6 is 15.9 Å². The number of sulfonamides is 1. The minimum absolute atomic E-state index is 0.199. The van der Waals surface area contributed by atoms with Crippen molar-refractivity contribution in [2.24, 2.45) is 5.92 Å². The molecule has 0 saturated carbocycles. The summed E-state index contributed by atoms with van der Waals surface area (Å²) in [6.45, 7) is 8.09. The molecule has 0 aliphatic heterocycles. The van der Waals surface area contributed by atoms with Gasteiger partial charge in [-0.3, -0.25) is 13.9 Å². The Labute approximate surface area is 211 Å². The average Bonchev–Trinajstić information content (AvgIpc) is 2.75. The van der Waals surface area contributed by atoms with Gasteiger partial charge in [0, 0.05) is 17.6 Å². The molecule has 9 heteroatoms. The Morgan fingerprint density at radius 1 is 1.09 bits per heavy atom. The van der Waals surface area contributed by atoms with Gasteiger partial charge in [-0.1, -0.05) is 72.6 Å². The predicted octanol–water partition coefficient (Wildman–Crippen LogP) is 4.10.